The zero-order valence-electron chi connectivity index (χ0n) is 19.2. The Labute approximate surface area is 198 Å². The van der Waals surface area contributed by atoms with Gasteiger partial charge in [-0.3, -0.25) is 19.2 Å². The van der Waals surface area contributed by atoms with Crippen LogP contribution in [0.1, 0.15) is 51.4 Å². The molecule has 0 radical (unpaired) electrons. The van der Waals surface area contributed by atoms with Gasteiger partial charge in [0.2, 0.25) is 17.7 Å². The standard InChI is InChI=1S/C20H38N6O8/c21-9-3-1-5-13(24-17(30)12(23)11-27)18(31)25-14(7-8-16(28)29)19(32)26-15(20(33)34)6-2-4-10-22/h12-15,27H,1-11,21-23H2,(H,24,30)(H,25,31)(H,26,32)(H,28,29)(H,33,34)/t12-,13-,14-,15-/m0/s1. The van der Waals surface area contributed by atoms with E-state index >= 15 is 0 Å². The molecule has 0 aromatic carbocycles. The van der Waals surface area contributed by atoms with Crippen LogP contribution in [-0.2, 0) is 24.0 Å². The molecule has 0 rings (SSSR count). The smallest absolute Gasteiger partial charge is 0.326 e. The van der Waals surface area contributed by atoms with Gasteiger partial charge in [-0.25, -0.2) is 4.79 Å². The number of carbonyl (C=O) groups excluding carboxylic acids is 3. The van der Waals surface area contributed by atoms with Crippen molar-refractivity contribution in [2.45, 2.75) is 75.5 Å². The summed E-state index contributed by atoms with van der Waals surface area (Å²) in [6, 6.07) is -5.00. The molecule has 0 aliphatic rings. The Morgan fingerprint density at radius 2 is 1.12 bits per heavy atom. The van der Waals surface area contributed by atoms with Gasteiger partial charge in [-0.2, -0.15) is 0 Å². The van der Waals surface area contributed by atoms with Crippen LogP contribution in [0.25, 0.3) is 0 Å². The summed E-state index contributed by atoms with van der Waals surface area (Å²) < 4.78 is 0. The fourth-order valence-electron chi connectivity index (χ4n) is 2.95. The van der Waals surface area contributed by atoms with Gasteiger partial charge in [0.05, 0.1) is 6.61 Å². The van der Waals surface area contributed by atoms with E-state index in [4.69, 9.17) is 27.4 Å². The molecule has 4 atom stereocenters. The third-order valence-electron chi connectivity index (χ3n) is 4.95. The number of nitrogens with two attached hydrogens (primary N) is 3. The third-order valence-corrected chi connectivity index (χ3v) is 4.95. The number of carboxylic acid groups (broad SMARTS) is 2. The van der Waals surface area contributed by atoms with E-state index in [9.17, 15) is 29.1 Å². The van der Waals surface area contributed by atoms with Crippen molar-refractivity contribution < 1.29 is 39.3 Å². The minimum absolute atomic E-state index is 0.106. The van der Waals surface area contributed by atoms with E-state index in [1.54, 1.807) is 0 Å². The highest BCUT2D eigenvalue weighted by molar-refractivity contribution is 5.94. The van der Waals surface area contributed by atoms with Crippen LogP contribution >= 0.6 is 0 Å². The van der Waals surface area contributed by atoms with E-state index in [2.05, 4.69) is 16.0 Å². The first-order valence-corrected chi connectivity index (χ1v) is 11.2. The van der Waals surface area contributed by atoms with E-state index in [0.29, 0.717) is 38.8 Å². The highest BCUT2D eigenvalue weighted by Crippen LogP contribution is 2.07. The minimum Gasteiger partial charge on any atom is -0.481 e. The fraction of sp³-hybridized carbons (Fsp3) is 0.750. The molecular formula is C20H38N6O8. The highest BCUT2D eigenvalue weighted by Gasteiger charge is 2.30. The van der Waals surface area contributed by atoms with Crippen molar-refractivity contribution in [3.05, 3.63) is 0 Å². The Morgan fingerprint density at radius 1 is 0.676 bits per heavy atom. The Bertz CT molecular complexity index is 677. The van der Waals surface area contributed by atoms with E-state index in [1.165, 1.54) is 0 Å². The zero-order valence-corrected chi connectivity index (χ0v) is 19.2. The second-order valence-electron chi connectivity index (χ2n) is 7.81. The normalized spacial score (nSPS) is 14.4. The van der Waals surface area contributed by atoms with Crippen molar-refractivity contribution >= 4 is 29.7 Å². The second-order valence-corrected chi connectivity index (χ2v) is 7.81. The summed E-state index contributed by atoms with van der Waals surface area (Å²) in [5.41, 5.74) is 16.3. The number of hydrogen-bond acceptors (Lipinski definition) is 9. The van der Waals surface area contributed by atoms with Crippen LogP contribution in [0.3, 0.4) is 0 Å². The fourth-order valence-corrected chi connectivity index (χ4v) is 2.95. The Balaban J connectivity index is 5.47. The first-order chi connectivity index (χ1) is 16.1. The number of amides is 3. The SMILES string of the molecule is NCCCC[C@H](NC(=O)[C@H](CCC(=O)O)NC(=O)[C@H](CCCCN)NC(=O)[C@@H](N)CO)C(=O)O. The van der Waals surface area contributed by atoms with Crippen LogP contribution in [0.15, 0.2) is 0 Å². The topological polar surface area (TPSA) is 260 Å². The summed E-state index contributed by atoms with van der Waals surface area (Å²) in [7, 11) is 0. The number of aliphatic hydroxyl groups excluding tert-OH is 1. The molecule has 12 N–H and O–H groups in total. The molecule has 0 unspecified atom stereocenters. The number of carbonyl (C=O) groups is 5. The maximum Gasteiger partial charge on any atom is 0.326 e. The lowest BCUT2D eigenvalue weighted by molar-refractivity contribution is -0.143. The van der Waals surface area contributed by atoms with E-state index in [0.717, 1.165) is 0 Å². The number of carboxylic acids is 2. The molecule has 0 aromatic rings. The van der Waals surface area contributed by atoms with Crippen molar-refractivity contribution in [3.8, 4) is 0 Å². The van der Waals surface area contributed by atoms with Crippen LogP contribution < -0.4 is 33.2 Å². The van der Waals surface area contributed by atoms with Crippen molar-refractivity contribution in [1.82, 2.24) is 16.0 Å². The largest absolute Gasteiger partial charge is 0.481 e. The summed E-state index contributed by atoms with van der Waals surface area (Å²) in [5.74, 6) is -4.93. The zero-order chi connectivity index (χ0) is 26.1. The van der Waals surface area contributed by atoms with Crippen molar-refractivity contribution in [1.29, 1.82) is 0 Å². The van der Waals surface area contributed by atoms with Crippen molar-refractivity contribution in [2.75, 3.05) is 19.7 Å². The molecule has 14 nitrogen and oxygen atoms in total. The quantitative estimate of drug-likeness (QED) is 0.0822. The first kappa shape index (κ1) is 31.2. The molecule has 0 aliphatic heterocycles. The van der Waals surface area contributed by atoms with Gasteiger partial charge in [-0.15, -0.1) is 0 Å². The number of nitrogens with one attached hydrogen (secondary N) is 3. The minimum atomic E-state index is -1.36. The van der Waals surface area contributed by atoms with Crippen molar-refractivity contribution in [3.63, 3.8) is 0 Å². The van der Waals surface area contributed by atoms with Gasteiger partial charge in [0.1, 0.15) is 24.2 Å². The number of aliphatic carboxylic acids is 2. The molecule has 0 saturated carbocycles. The molecule has 0 aromatic heterocycles. The van der Waals surface area contributed by atoms with Crippen LogP contribution in [0.4, 0.5) is 0 Å². The molecule has 0 aliphatic carbocycles. The van der Waals surface area contributed by atoms with Crippen molar-refractivity contribution in [2.24, 2.45) is 17.2 Å². The molecule has 14 heteroatoms. The summed E-state index contributed by atoms with van der Waals surface area (Å²) in [4.78, 5) is 60.2. The molecule has 0 spiro atoms. The van der Waals surface area contributed by atoms with Gasteiger partial charge in [0.15, 0.2) is 0 Å². The van der Waals surface area contributed by atoms with Crippen LogP contribution in [0.5, 0.6) is 0 Å². The molecular weight excluding hydrogens is 452 g/mol. The average Bonchev–Trinajstić information content (AvgIpc) is 2.79. The van der Waals surface area contributed by atoms with Gasteiger partial charge in [-0.05, 0) is 58.0 Å². The Kier molecular flexibility index (Phi) is 16.2. The van der Waals surface area contributed by atoms with Gasteiger partial charge in [-0.1, -0.05) is 0 Å². The predicted octanol–water partition coefficient (Wildman–Crippen LogP) is -3.03. The van der Waals surface area contributed by atoms with E-state index in [1.807, 2.05) is 0 Å². The number of hydrogen-bond donors (Lipinski definition) is 9. The van der Waals surface area contributed by atoms with Crippen LogP contribution in [0.2, 0.25) is 0 Å². The molecule has 0 heterocycles. The molecule has 196 valence electrons. The van der Waals surface area contributed by atoms with Crippen LogP contribution in [-0.4, -0.2) is 88.8 Å². The summed E-state index contributed by atoms with van der Waals surface area (Å²) in [6.45, 7) is 0.0605. The molecule has 34 heavy (non-hydrogen) atoms. The van der Waals surface area contributed by atoms with Gasteiger partial charge >= 0.3 is 11.9 Å². The predicted molar refractivity (Wildman–Crippen MR) is 121 cm³/mol. The first-order valence-electron chi connectivity index (χ1n) is 11.2. The summed E-state index contributed by atoms with van der Waals surface area (Å²) in [6.07, 6.45) is 1.49. The van der Waals surface area contributed by atoms with E-state index < -0.39 is 66.9 Å². The van der Waals surface area contributed by atoms with Gasteiger partial charge < -0.3 is 48.5 Å². The van der Waals surface area contributed by atoms with E-state index in [-0.39, 0.29) is 19.3 Å². The average molecular weight is 491 g/mol. The summed E-state index contributed by atoms with van der Waals surface area (Å²) in [5, 5.41) is 34.5. The maximum absolute atomic E-state index is 12.9. The number of rotatable bonds is 19. The molecule has 0 saturated heterocycles. The van der Waals surface area contributed by atoms with Gasteiger partial charge in [0.25, 0.3) is 0 Å². The number of aliphatic hydroxyl groups is 1. The third kappa shape index (κ3) is 13.0. The van der Waals surface area contributed by atoms with Crippen LogP contribution in [0, 0.1) is 0 Å². The molecule has 3 amide bonds. The highest BCUT2D eigenvalue weighted by atomic mass is 16.4. The monoisotopic (exact) mass is 490 g/mol. The lowest BCUT2D eigenvalue weighted by atomic mass is 10.0. The Hall–Kier alpha value is -2.81. The Morgan fingerprint density at radius 3 is 1.56 bits per heavy atom. The second kappa shape index (κ2) is 17.6. The lowest BCUT2D eigenvalue weighted by Gasteiger charge is -2.25. The molecule has 0 fully saturated rings. The van der Waals surface area contributed by atoms with Gasteiger partial charge in [0, 0.05) is 6.42 Å². The lowest BCUT2D eigenvalue weighted by Crippen LogP contribution is -2.57. The maximum atomic E-state index is 12.9. The molecule has 0 bridgehead atoms. The summed E-state index contributed by atoms with van der Waals surface area (Å²) >= 11 is 0. The number of unbranched alkanes of at least 4 members (excludes halogenated alkanes) is 2.